The van der Waals surface area contributed by atoms with Gasteiger partial charge in [0.25, 0.3) is 0 Å². The van der Waals surface area contributed by atoms with Gasteiger partial charge in [0.05, 0.1) is 19.8 Å². The van der Waals surface area contributed by atoms with Crippen molar-refractivity contribution in [3.63, 3.8) is 0 Å². The van der Waals surface area contributed by atoms with Crippen molar-refractivity contribution in [1.82, 2.24) is 9.97 Å². The van der Waals surface area contributed by atoms with Crippen molar-refractivity contribution in [2.45, 2.75) is 44.6 Å². The number of nitrogens with one attached hydrogen (secondary N) is 1. The zero-order valence-electron chi connectivity index (χ0n) is 11.6. The van der Waals surface area contributed by atoms with Gasteiger partial charge < -0.3 is 14.8 Å². The highest BCUT2D eigenvalue weighted by atomic mass is 16.5. The average molecular weight is 265 g/mol. The molecule has 0 aliphatic heterocycles. The molecule has 0 spiro atoms. The van der Waals surface area contributed by atoms with Crippen molar-refractivity contribution in [3.05, 3.63) is 12.3 Å². The monoisotopic (exact) mass is 265 g/mol. The number of hydrogen-bond acceptors (Lipinski definition) is 5. The molecule has 0 radical (unpaired) electrons. The Kier molecular flexibility index (Phi) is 5.88. The normalized spacial score (nSPS) is 16.9. The zero-order chi connectivity index (χ0) is 13.3. The number of methoxy groups -OCH3 is 1. The number of nitrogens with zero attached hydrogens (tertiary/aromatic N) is 2. The lowest BCUT2D eigenvalue weighted by Crippen LogP contribution is -2.18. The third kappa shape index (κ3) is 5.03. The minimum absolute atomic E-state index is 0.440. The number of anilines is 1. The maximum absolute atomic E-state index is 5.89. The molecule has 19 heavy (non-hydrogen) atoms. The van der Waals surface area contributed by atoms with Crippen LogP contribution in [0.3, 0.4) is 0 Å². The van der Waals surface area contributed by atoms with Crippen LogP contribution in [0.15, 0.2) is 12.3 Å². The third-order valence-electron chi connectivity index (χ3n) is 3.38. The van der Waals surface area contributed by atoms with Crippen molar-refractivity contribution < 1.29 is 9.47 Å². The molecule has 0 unspecified atom stereocenters. The first-order valence-electron chi connectivity index (χ1n) is 7.11. The molecule has 5 nitrogen and oxygen atoms in total. The lowest BCUT2D eigenvalue weighted by atomic mass is 10.1. The van der Waals surface area contributed by atoms with Crippen LogP contribution in [0.4, 0.5) is 5.95 Å². The first kappa shape index (κ1) is 14.1. The van der Waals surface area contributed by atoms with E-state index in [9.17, 15) is 0 Å². The van der Waals surface area contributed by atoms with E-state index in [1.54, 1.807) is 19.4 Å². The van der Waals surface area contributed by atoms with Gasteiger partial charge in [-0.25, -0.2) is 4.98 Å². The van der Waals surface area contributed by atoms with Crippen LogP contribution >= 0.6 is 0 Å². The van der Waals surface area contributed by atoms with E-state index in [2.05, 4.69) is 15.3 Å². The van der Waals surface area contributed by atoms with Gasteiger partial charge in [0.2, 0.25) is 11.8 Å². The van der Waals surface area contributed by atoms with Gasteiger partial charge in [-0.1, -0.05) is 25.7 Å². The van der Waals surface area contributed by atoms with Crippen molar-refractivity contribution in [3.8, 4) is 5.88 Å². The van der Waals surface area contributed by atoms with E-state index in [1.165, 1.54) is 38.5 Å². The Morgan fingerprint density at radius 2 is 2.05 bits per heavy atom. The maximum Gasteiger partial charge on any atom is 0.226 e. The highest BCUT2D eigenvalue weighted by molar-refractivity contribution is 5.27. The van der Waals surface area contributed by atoms with Crippen LogP contribution in [0.1, 0.15) is 38.5 Å². The summed E-state index contributed by atoms with van der Waals surface area (Å²) >= 11 is 0. The zero-order valence-corrected chi connectivity index (χ0v) is 11.6. The molecular weight excluding hydrogens is 242 g/mol. The summed E-state index contributed by atoms with van der Waals surface area (Å²) in [4.78, 5) is 8.32. The molecule has 1 saturated carbocycles. The minimum atomic E-state index is 0.440. The first-order chi connectivity index (χ1) is 9.38. The summed E-state index contributed by atoms with van der Waals surface area (Å²) < 4.78 is 10.9. The molecule has 0 aromatic carbocycles. The fourth-order valence-electron chi connectivity index (χ4n) is 2.34. The standard InChI is InChI=1S/C14H23N3O2/c1-18-13-8-9-15-14(17-13)16-10-11-19-12-6-4-2-3-5-7-12/h8-9,12H,2-7,10-11H2,1H3,(H,15,16,17). The van der Waals surface area contributed by atoms with E-state index in [-0.39, 0.29) is 0 Å². The molecule has 1 fully saturated rings. The van der Waals surface area contributed by atoms with E-state index in [4.69, 9.17) is 9.47 Å². The van der Waals surface area contributed by atoms with Gasteiger partial charge in [-0.3, -0.25) is 0 Å². The molecule has 0 amide bonds. The minimum Gasteiger partial charge on any atom is -0.481 e. The van der Waals surface area contributed by atoms with Gasteiger partial charge in [0, 0.05) is 18.8 Å². The summed E-state index contributed by atoms with van der Waals surface area (Å²) in [6.07, 6.45) is 9.85. The Morgan fingerprint density at radius 3 is 2.79 bits per heavy atom. The SMILES string of the molecule is COc1ccnc(NCCOC2CCCCCC2)n1. The van der Waals surface area contributed by atoms with E-state index in [0.29, 0.717) is 24.5 Å². The smallest absolute Gasteiger partial charge is 0.226 e. The Balaban J connectivity index is 1.65. The summed E-state index contributed by atoms with van der Waals surface area (Å²) in [5, 5.41) is 3.15. The number of aromatic nitrogens is 2. The van der Waals surface area contributed by atoms with Gasteiger partial charge in [0.1, 0.15) is 0 Å². The van der Waals surface area contributed by atoms with Crippen LogP contribution < -0.4 is 10.1 Å². The lowest BCUT2D eigenvalue weighted by molar-refractivity contribution is 0.0501. The van der Waals surface area contributed by atoms with Crippen molar-refractivity contribution in [2.24, 2.45) is 0 Å². The van der Waals surface area contributed by atoms with Crippen LogP contribution in [0.25, 0.3) is 0 Å². The van der Waals surface area contributed by atoms with Crippen LogP contribution in [0.2, 0.25) is 0 Å². The van der Waals surface area contributed by atoms with Crippen molar-refractivity contribution >= 4 is 5.95 Å². The predicted molar refractivity (Wildman–Crippen MR) is 74.5 cm³/mol. The van der Waals surface area contributed by atoms with Crippen LogP contribution in [-0.2, 0) is 4.74 Å². The van der Waals surface area contributed by atoms with Crippen molar-refractivity contribution in [2.75, 3.05) is 25.6 Å². The highest BCUT2D eigenvalue weighted by Gasteiger charge is 2.11. The van der Waals surface area contributed by atoms with Crippen molar-refractivity contribution in [1.29, 1.82) is 0 Å². The maximum atomic E-state index is 5.89. The van der Waals surface area contributed by atoms with Gasteiger partial charge in [-0.2, -0.15) is 4.98 Å². The van der Waals surface area contributed by atoms with E-state index < -0.39 is 0 Å². The van der Waals surface area contributed by atoms with Gasteiger partial charge >= 0.3 is 0 Å². The topological polar surface area (TPSA) is 56.3 Å². The molecule has 2 rings (SSSR count). The van der Waals surface area contributed by atoms with Crippen LogP contribution in [0.5, 0.6) is 5.88 Å². The molecule has 106 valence electrons. The molecule has 1 N–H and O–H groups in total. The largest absolute Gasteiger partial charge is 0.481 e. The molecule has 1 aliphatic rings. The van der Waals surface area contributed by atoms with E-state index in [0.717, 1.165) is 6.54 Å². The fourth-order valence-corrected chi connectivity index (χ4v) is 2.34. The van der Waals surface area contributed by atoms with Gasteiger partial charge in [-0.15, -0.1) is 0 Å². The van der Waals surface area contributed by atoms with E-state index in [1.807, 2.05) is 0 Å². The van der Waals surface area contributed by atoms with E-state index >= 15 is 0 Å². The summed E-state index contributed by atoms with van der Waals surface area (Å²) in [5.41, 5.74) is 0. The quantitative estimate of drug-likeness (QED) is 0.633. The number of rotatable bonds is 6. The molecule has 1 aromatic rings. The Morgan fingerprint density at radius 1 is 1.26 bits per heavy atom. The molecule has 0 bridgehead atoms. The molecule has 5 heteroatoms. The third-order valence-corrected chi connectivity index (χ3v) is 3.38. The lowest BCUT2D eigenvalue weighted by Gasteiger charge is -2.15. The summed E-state index contributed by atoms with van der Waals surface area (Å²) in [6, 6.07) is 1.73. The Hall–Kier alpha value is -1.36. The molecule has 1 heterocycles. The predicted octanol–water partition coefficient (Wildman–Crippen LogP) is 2.64. The van der Waals surface area contributed by atoms with Crippen LogP contribution in [0, 0.1) is 0 Å². The second-order valence-electron chi connectivity index (χ2n) is 4.83. The summed E-state index contributed by atoms with van der Waals surface area (Å²) in [6.45, 7) is 1.43. The Bertz CT molecular complexity index is 365. The highest BCUT2D eigenvalue weighted by Crippen LogP contribution is 2.19. The summed E-state index contributed by atoms with van der Waals surface area (Å²) in [7, 11) is 1.60. The van der Waals surface area contributed by atoms with Gasteiger partial charge in [-0.05, 0) is 12.8 Å². The second-order valence-corrected chi connectivity index (χ2v) is 4.83. The average Bonchev–Trinajstić information content (AvgIpc) is 2.72. The molecule has 0 atom stereocenters. The molecule has 1 aliphatic carbocycles. The summed E-state index contributed by atoms with van der Waals surface area (Å²) in [5.74, 6) is 1.16. The van der Waals surface area contributed by atoms with Crippen LogP contribution in [-0.4, -0.2) is 36.3 Å². The molecule has 0 saturated heterocycles. The molecular formula is C14H23N3O2. The molecule has 1 aromatic heterocycles. The van der Waals surface area contributed by atoms with Gasteiger partial charge in [0.15, 0.2) is 0 Å². The Labute approximate surface area is 114 Å². The first-order valence-corrected chi connectivity index (χ1v) is 7.11. The fraction of sp³-hybridized carbons (Fsp3) is 0.714. The second kappa shape index (κ2) is 7.94. The number of ether oxygens (including phenoxy) is 2. The number of hydrogen-bond donors (Lipinski definition) is 1.